The van der Waals surface area contributed by atoms with E-state index in [1.54, 1.807) is 6.92 Å². The maximum absolute atomic E-state index is 11.5. The van der Waals surface area contributed by atoms with Gasteiger partial charge in [-0.1, -0.05) is 6.92 Å². The van der Waals surface area contributed by atoms with Crippen molar-refractivity contribution in [2.24, 2.45) is 11.7 Å². The molecule has 1 saturated carbocycles. The normalized spacial score (nSPS) is 19.6. The summed E-state index contributed by atoms with van der Waals surface area (Å²) in [5, 5.41) is 11.4. The maximum Gasteiger partial charge on any atom is 0.306 e. The molecular formula is C11H20N2O3. The van der Waals surface area contributed by atoms with Crippen molar-refractivity contribution >= 4 is 11.9 Å². The SMILES string of the molecule is CC(CCNC(=O)CC1(N)CCC1)C(=O)O. The predicted octanol–water partition coefficient (Wildman–Crippen LogP) is 0.485. The van der Waals surface area contributed by atoms with E-state index in [1.807, 2.05) is 0 Å². The van der Waals surface area contributed by atoms with E-state index in [4.69, 9.17) is 10.8 Å². The Hall–Kier alpha value is -1.10. The highest BCUT2D eigenvalue weighted by Crippen LogP contribution is 2.31. The van der Waals surface area contributed by atoms with Crippen molar-refractivity contribution in [2.75, 3.05) is 6.54 Å². The van der Waals surface area contributed by atoms with Gasteiger partial charge >= 0.3 is 5.97 Å². The van der Waals surface area contributed by atoms with Crippen LogP contribution in [0.1, 0.15) is 39.0 Å². The third kappa shape index (κ3) is 3.81. The molecule has 0 aliphatic heterocycles. The Labute approximate surface area is 95.4 Å². The standard InChI is InChI=1S/C11H20N2O3/c1-8(10(15)16)3-6-13-9(14)7-11(12)4-2-5-11/h8H,2-7,12H2,1H3,(H,13,14)(H,15,16). The lowest BCUT2D eigenvalue weighted by molar-refractivity contribution is -0.141. The van der Waals surface area contributed by atoms with Crippen molar-refractivity contribution in [3.63, 3.8) is 0 Å². The number of rotatable bonds is 6. The molecule has 0 saturated heterocycles. The van der Waals surface area contributed by atoms with E-state index >= 15 is 0 Å². The van der Waals surface area contributed by atoms with Crippen LogP contribution in [0.5, 0.6) is 0 Å². The quantitative estimate of drug-likeness (QED) is 0.616. The lowest BCUT2D eigenvalue weighted by Gasteiger charge is -2.37. The van der Waals surface area contributed by atoms with Crippen LogP contribution in [0.25, 0.3) is 0 Å². The van der Waals surface area contributed by atoms with Crippen LogP contribution in [0.15, 0.2) is 0 Å². The molecule has 5 nitrogen and oxygen atoms in total. The smallest absolute Gasteiger partial charge is 0.306 e. The molecule has 0 heterocycles. The van der Waals surface area contributed by atoms with Crippen LogP contribution in [0.4, 0.5) is 0 Å². The number of aliphatic carboxylic acids is 1. The Morgan fingerprint density at radius 3 is 2.56 bits per heavy atom. The van der Waals surface area contributed by atoms with E-state index in [2.05, 4.69) is 5.32 Å². The van der Waals surface area contributed by atoms with Gasteiger partial charge in [-0.05, 0) is 25.7 Å². The molecule has 0 aromatic rings. The molecular weight excluding hydrogens is 208 g/mol. The highest BCUT2D eigenvalue weighted by Gasteiger charge is 2.34. The van der Waals surface area contributed by atoms with Crippen LogP contribution in [0.3, 0.4) is 0 Å². The van der Waals surface area contributed by atoms with Gasteiger partial charge in [-0.25, -0.2) is 0 Å². The van der Waals surface area contributed by atoms with Crippen LogP contribution >= 0.6 is 0 Å². The van der Waals surface area contributed by atoms with Gasteiger partial charge in [0.2, 0.25) is 5.91 Å². The molecule has 0 aromatic heterocycles. The van der Waals surface area contributed by atoms with Gasteiger partial charge in [0.1, 0.15) is 0 Å². The van der Waals surface area contributed by atoms with E-state index in [-0.39, 0.29) is 11.4 Å². The zero-order valence-corrected chi connectivity index (χ0v) is 9.66. The van der Waals surface area contributed by atoms with Crippen molar-refractivity contribution in [3.8, 4) is 0 Å². The molecule has 1 rings (SSSR count). The van der Waals surface area contributed by atoms with E-state index in [1.165, 1.54) is 0 Å². The first-order valence-corrected chi connectivity index (χ1v) is 5.71. The highest BCUT2D eigenvalue weighted by atomic mass is 16.4. The average Bonchev–Trinajstić information content (AvgIpc) is 2.14. The molecule has 1 fully saturated rings. The largest absolute Gasteiger partial charge is 0.481 e. The molecule has 0 aromatic carbocycles. The summed E-state index contributed by atoms with van der Waals surface area (Å²) < 4.78 is 0. The fourth-order valence-electron chi connectivity index (χ4n) is 1.74. The van der Waals surface area contributed by atoms with Crippen molar-refractivity contribution in [3.05, 3.63) is 0 Å². The zero-order valence-electron chi connectivity index (χ0n) is 9.66. The first-order valence-electron chi connectivity index (χ1n) is 5.71. The molecule has 1 amide bonds. The van der Waals surface area contributed by atoms with Crippen LogP contribution in [0.2, 0.25) is 0 Å². The minimum absolute atomic E-state index is 0.0696. The number of carboxylic acids is 1. The summed E-state index contributed by atoms with van der Waals surface area (Å²) in [7, 11) is 0. The second-order valence-corrected chi connectivity index (χ2v) is 4.77. The summed E-state index contributed by atoms with van der Waals surface area (Å²) in [6.45, 7) is 2.03. The van der Waals surface area contributed by atoms with Gasteiger partial charge in [0, 0.05) is 18.5 Å². The number of nitrogens with one attached hydrogen (secondary N) is 1. The van der Waals surface area contributed by atoms with E-state index in [9.17, 15) is 9.59 Å². The predicted molar refractivity (Wildman–Crippen MR) is 59.8 cm³/mol. The summed E-state index contributed by atoms with van der Waals surface area (Å²) >= 11 is 0. The summed E-state index contributed by atoms with van der Waals surface area (Å²) in [5.41, 5.74) is 5.63. The molecule has 5 heteroatoms. The van der Waals surface area contributed by atoms with Crippen molar-refractivity contribution < 1.29 is 14.7 Å². The van der Waals surface area contributed by atoms with Crippen molar-refractivity contribution in [1.29, 1.82) is 0 Å². The molecule has 0 spiro atoms. The molecule has 0 bridgehead atoms. The van der Waals surface area contributed by atoms with E-state index in [0.717, 1.165) is 19.3 Å². The number of hydrogen-bond acceptors (Lipinski definition) is 3. The third-order valence-electron chi connectivity index (χ3n) is 3.18. The number of hydrogen-bond donors (Lipinski definition) is 3. The van der Waals surface area contributed by atoms with Gasteiger partial charge in [0.05, 0.1) is 5.92 Å². The van der Waals surface area contributed by atoms with Crippen LogP contribution in [0, 0.1) is 5.92 Å². The number of nitrogens with two attached hydrogens (primary N) is 1. The first kappa shape index (κ1) is 13.0. The summed E-state index contributed by atoms with van der Waals surface area (Å²) in [6, 6.07) is 0. The number of carbonyl (C=O) groups is 2. The van der Waals surface area contributed by atoms with Gasteiger partial charge in [-0.2, -0.15) is 0 Å². The van der Waals surface area contributed by atoms with Gasteiger partial charge < -0.3 is 16.2 Å². The fourth-order valence-corrected chi connectivity index (χ4v) is 1.74. The summed E-state index contributed by atoms with van der Waals surface area (Å²) in [4.78, 5) is 22.0. The Morgan fingerprint density at radius 2 is 2.12 bits per heavy atom. The first-order chi connectivity index (χ1) is 7.43. The average molecular weight is 228 g/mol. The topological polar surface area (TPSA) is 92.4 Å². The number of carboxylic acid groups (broad SMARTS) is 1. The van der Waals surface area contributed by atoms with Crippen molar-refractivity contribution in [1.82, 2.24) is 5.32 Å². The number of amides is 1. The lowest BCUT2D eigenvalue weighted by atomic mass is 9.75. The van der Waals surface area contributed by atoms with Crippen LogP contribution in [-0.2, 0) is 9.59 Å². The second-order valence-electron chi connectivity index (χ2n) is 4.77. The highest BCUT2D eigenvalue weighted by molar-refractivity contribution is 5.77. The van der Waals surface area contributed by atoms with Crippen LogP contribution < -0.4 is 11.1 Å². The lowest BCUT2D eigenvalue weighted by Crippen LogP contribution is -2.50. The Bertz CT molecular complexity index is 274. The molecule has 1 unspecified atom stereocenters. The second kappa shape index (κ2) is 5.30. The van der Waals surface area contributed by atoms with E-state index < -0.39 is 11.9 Å². The minimum Gasteiger partial charge on any atom is -0.481 e. The molecule has 92 valence electrons. The van der Waals surface area contributed by atoms with Gasteiger partial charge in [0.15, 0.2) is 0 Å². The Kier molecular flexibility index (Phi) is 4.29. The molecule has 1 aliphatic rings. The van der Waals surface area contributed by atoms with Crippen molar-refractivity contribution in [2.45, 2.75) is 44.6 Å². The molecule has 4 N–H and O–H groups in total. The number of carbonyl (C=O) groups excluding carboxylic acids is 1. The maximum atomic E-state index is 11.5. The summed E-state index contributed by atoms with van der Waals surface area (Å²) in [5.74, 6) is -1.32. The van der Waals surface area contributed by atoms with Crippen LogP contribution in [-0.4, -0.2) is 29.1 Å². The molecule has 0 radical (unpaired) electrons. The zero-order chi connectivity index (χ0) is 12.2. The monoisotopic (exact) mass is 228 g/mol. The molecule has 1 atom stereocenters. The third-order valence-corrected chi connectivity index (χ3v) is 3.18. The van der Waals surface area contributed by atoms with Gasteiger partial charge in [-0.15, -0.1) is 0 Å². The Morgan fingerprint density at radius 1 is 1.50 bits per heavy atom. The molecule has 1 aliphatic carbocycles. The van der Waals surface area contributed by atoms with Gasteiger partial charge in [-0.3, -0.25) is 9.59 Å². The van der Waals surface area contributed by atoms with E-state index in [0.29, 0.717) is 19.4 Å². The minimum atomic E-state index is -0.830. The summed E-state index contributed by atoms with van der Waals surface area (Å²) in [6.07, 6.45) is 3.73. The van der Waals surface area contributed by atoms with Gasteiger partial charge in [0.25, 0.3) is 0 Å². The molecule has 16 heavy (non-hydrogen) atoms. The Balaban J connectivity index is 2.13. The fraction of sp³-hybridized carbons (Fsp3) is 0.818.